The van der Waals surface area contributed by atoms with Gasteiger partial charge in [-0.1, -0.05) is 0 Å². The number of alkyl halides is 3. The van der Waals surface area contributed by atoms with E-state index < -0.39 is 12.0 Å². The summed E-state index contributed by atoms with van der Waals surface area (Å²) in [4.78, 5) is 3.27. The number of methoxy groups -OCH3 is 1. The highest BCUT2D eigenvalue weighted by Gasteiger charge is 2.36. The zero-order valence-corrected chi connectivity index (χ0v) is 11.8. The minimum atomic E-state index is -4.57. The Bertz CT molecular complexity index is 588. The van der Waals surface area contributed by atoms with E-state index in [0.717, 1.165) is 0 Å². The molecule has 0 aliphatic heterocycles. The van der Waals surface area contributed by atoms with Gasteiger partial charge in [0, 0.05) is 11.5 Å². The molecule has 0 spiro atoms. The van der Waals surface area contributed by atoms with Crippen molar-refractivity contribution in [1.29, 1.82) is 0 Å². The Morgan fingerprint density at radius 2 is 2.05 bits per heavy atom. The summed E-state index contributed by atoms with van der Waals surface area (Å²) in [6, 6.07) is 4.80. The molecule has 0 unspecified atom stereocenters. The van der Waals surface area contributed by atoms with E-state index in [9.17, 15) is 13.2 Å². The fourth-order valence-corrected chi connectivity index (χ4v) is 2.15. The van der Waals surface area contributed by atoms with Crippen LogP contribution in [0.4, 0.5) is 13.2 Å². The molecule has 0 fully saturated rings. The van der Waals surface area contributed by atoms with E-state index >= 15 is 0 Å². The quantitative estimate of drug-likeness (QED) is 0.831. The van der Waals surface area contributed by atoms with Crippen molar-refractivity contribution in [2.45, 2.75) is 6.18 Å². The lowest BCUT2D eigenvalue weighted by Crippen LogP contribution is -2.06. The van der Waals surface area contributed by atoms with Crippen molar-refractivity contribution in [1.82, 2.24) is 9.36 Å². The van der Waals surface area contributed by atoms with Crippen molar-refractivity contribution >= 4 is 27.5 Å². The topological polar surface area (TPSA) is 44.2 Å². The molecule has 2 rings (SSSR count). The third kappa shape index (κ3) is 3.35. The van der Waals surface area contributed by atoms with Gasteiger partial charge in [0.15, 0.2) is 0 Å². The lowest BCUT2D eigenvalue weighted by Gasteiger charge is -2.06. The van der Waals surface area contributed by atoms with Crippen LogP contribution in [0.5, 0.6) is 16.7 Å². The van der Waals surface area contributed by atoms with E-state index in [2.05, 4.69) is 25.3 Å². The Morgan fingerprint density at radius 1 is 1.32 bits per heavy atom. The van der Waals surface area contributed by atoms with Crippen LogP contribution in [-0.4, -0.2) is 16.5 Å². The van der Waals surface area contributed by atoms with Crippen LogP contribution < -0.4 is 9.47 Å². The molecular weight excluding hydrogens is 349 g/mol. The molecule has 2 aromatic rings. The number of halogens is 4. The predicted molar refractivity (Wildman–Crippen MR) is 65.7 cm³/mol. The molecule has 0 atom stereocenters. The van der Waals surface area contributed by atoms with E-state index in [0.29, 0.717) is 27.5 Å². The second kappa shape index (κ2) is 5.33. The lowest BCUT2D eigenvalue weighted by atomic mass is 10.3. The molecular formula is C10H6BrF3N2O2S. The molecule has 1 aromatic heterocycles. The van der Waals surface area contributed by atoms with Gasteiger partial charge in [-0.3, -0.25) is 0 Å². The number of benzene rings is 1. The Morgan fingerprint density at radius 3 is 2.58 bits per heavy atom. The number of hydrogen-bond acceptors (Lipinski definition) is 5. The van der Waals surface area contributed by atoms with Crippen LogP contribution >= 0.6 is 27.5 Å². The molecule has 0 bridgehead atoms. The van der Waals surface area contributed by atoms with Gasteiger partial charge < -0.3 is 9.47 Å². The van der Waals surface area contributed by atoms with Crippen molar-refractivity contribution in [3.63, 3.8) is 0 Å². The zero-order chi connectivity index (χ0) is 14.0. The molecule has 102 valence electrons. The molecule has 1 aromatic carbocycles. The Kier molecular flexibility index (Phi) is 3.95. The molecule has 0 aliphatic rings. The summed E-state index contributed by atoms with van der Waals surface area (Å²) in [5.41, 5.74) is 0. The maximum absolute atomic E-state index is 12.3. The predicted octanol–water partition coefficient (Wildman–Crippen LogP) is 4.12. The summed E-state index contributed by atoms with van der Waals surface area (Å²) in [6.45, 7) is 0. The average molecular weight is 355 g/mol. The maximum atomic E-state index is 12.3. The fraction of sp³-hybridized carbons (Fsp3) is 0.200. The summed E-state index contributed by atoms with van der Waals surface area (Å²) in [7, 11) is 1.50. The van der Waals surface area contributed by atoms with Crippen LogP contribution in [0.2, 0.25) is 0 Å². The third-order valence-corrected chi connectivity index (χ3v) is 3.21. The highest BCUT2D eigenvalue weighted by atomic mass is 79.9. The summed E-state index contributed by atoms with van der Waals surface area (Å²) in [5.74, 6) is -0.296. The van der Waals surface area contributed by atoms with E-state index in [1.807, 2.05) is 0 Å². The zero-order valence-electron chi connectivity index (χ0n) is 9.36. The molecule has 9 heteroatoms. The largest absolute Gasteiger partial charge is 0.497 e. The number of aromatic nitrogens is 2. The number of rotatable bonds is 3. The average Bonchev–Trinajstić information content (AvgIpc) is 2.80. The van der Waals surface area contributed by atoms with Crippen LogP contribution in [0.1, 0.15) is 5.82 Å². The third-order valence-electron chi connectivity index (χ3n) is 2.00. The number of hydrogen-bond donors (Lipinski definition) is 0. The molecule has 0 saturated heterocycles. The second-order valence-corrected chi connectivity index (χ2v) is 4.85. The van der Waals surface area contributed by atoms with Gasteiger partial charge in [-0.05, 0) is 34.1 Å². The monoisotopic (exact) mass is 354 g/mol. The molecule has 0 N–H and O–H groups in total. The minimum Gasteiger partial charge on any atom is -0.497 e. The summed E-state index contributed by atoms with van der Waals surface area (Å²) >= 11 is 3.76. The standard InChI is InChI=1S/C10H6BrF3N2O2S/c1-17-5-2-3-7(6(11)4-5)18-9-15-8(16-19-9)10(12,13)14/h2-4H,1H3. The van der Waals surface area contributed by atoms with E-state index in [-0.39, 0.29) is 5.19 Å². The molecule has 19 heavy (non-hydrogen) atoms. The van der Waals surface area contributed by atoms with Gasteiger partial charge in [0.2, 0.25) is 0 Å². The Hall–Kier alpha value is -1.35. The molecule has 0 radical (unpaired) electrons. The van der Waals surface area contributed by atoms with Crippen molar-refractivity contribution in [3.05, 3.63) is 28.5 Å². The fourth-order valence-electron chi connectivity index (χ4n) is 1.15. The normalized spacial score (nSPS) is 11.4. The van der Waals surface area contributed by atoms with Crippen molar-refractivity contribution in [2.24, 2.45) is 0 Å². The van der Waals surface area contributed by atoms with Crippen LogP contribution in [0.3, 0.4) is 0 Å². The smallest absolute Gasteiger partial charge is 0.452 e. The second-order valence-electron chi connectivity index (χ2n) is 3.28. The molecule has 0 aliphatic carbocycles. The first-order valence-corrected chi connectivity index (χ1v) is 6.39. The molecule has 1 heterocycles. The van der Waals surface area contributed by atoms with Crippen LogP contribution in [0.25, 0.3) is 0 Å². The van der Waals surface area contributed by atoms with Gasteiger partial charge in [0.1, 0.15) is 11.5 Å². The van der Waals surface area contributed by atoms with Gasteiger partial charge in [-0.25, -0.2) is 0 Å². The maximum Gasteiger partial charge on any atom is 0.452 e. The number of nitrogens with zero attached hydrogens (tertiary/aromatic N) is 2. The van der Waals surface area contributed by atoms with Crippen molar-refractivity contribution < 1.29 is 22.6 Å². The van der Waals surface area contributed by atoms with E-state index in [1.54, 1.807) is 18.2 Å². The van der Waals surface area contributed by atoms with Gasteiger partial charge in [0.25, 0.3) is 11.0 Å². The SMILES string of the molecule is COc1ccc(Oc2nc(C(F)(F)F)ns2)c(Br)c1. The van der Waals surface area contributed by atoms with Crippen LogP contribution in [0, 0.1) is 0 Å². The summed E-state index contributed by atoms with van der Waals surface area (Å²) in [5, 5.41) is -0.182. The minimum absolute atomic E-state index is 0.182. The molecule has 0 amide bonds. The van der Waals surface area contributed by atoms with E-state index in [1.165, 1.54) is 7.11 Å². The van der Waals surface area contributed by atoms with Crippen molar-refractivity contribution in [2.75, 3.05) is 7.11 Å². The highest BCUT2D eigenvalue weighted by Crippen LogP contribution is 2.35. The summed E-state index contributed by atoms with van der Waals surface area (Å²) in [6.07, 6.45) is -4.57. The highest BCUT2D eigenvalue weighted by molar-refractivity contribution is 9.10. The first-order chi connectivity index (χ1) is 8.90. The van der Waals surface area contributed by atoms with Gasteiger partial charge in [-0.15, -0.1) is 0 Å². The van der Waals surface area contributed by atoms with Crippen molar-refractivity contribution in [3.8, 4) is 16.7 Å². The first kappa shape index (κ1) is 14.1. The van der Waals surface area contributed by atoms with Gasteiger partial charge >= 0.3 is 6.18 Å². The van der Waals surface area contributed by atoms with Crippen LogP contribution in [-0.2, 0) is 6.18 Å². The van der Waals surface area contributed by atoms with Gasteiger partial charge in [0.05, 0.1) is 11.6 Å². The Balaban J connectivity index is 2.20. The molecule has 0 saturated carbocycles. The van der Waals surface area contributed by atoms with E-state index in [4.69, 9.17) is 9.47 Å². The number of ether oxygens (including phenoxy) is 2. The summed E-state index contributed by atoms with van der Waals surface area (Å²) < 4.78 is 50.9. The Labute approximate surface area is 118 Å². The first-order valence-electron chi connectivity index (χ1n) is 4.82. The van der Waals surface area contributed by atoms with Crippen LogP contribution in [0.15, 0.2) is 22.7 Å². The van der Waals surface area contributed by atoms with Gasteiger partial charge in [-0.2, -0.15) is 22.5 Å². The molecule has 4 nitrogen and oxygen atoms in total. The lowest BCUT2D eigenvalue weighted by molar-refractivity contribution is -0.144.